The van der Waals surface area contributed by atoms with E-state index in [1.807, 2.05) is 104 Å². The van der Waals surface area contributed by atoms with E-state index in [0.717, 1.165) is 103 Å². The normalized spacial score (nSPS) is 14.4. The smallest absolute Gasteiger partial charge is 0.332 e. The molecule has 6 N–H and O–H groups in total. The SMILES string of the molecule is C.CC(C)(C)CCCOC(=O)C(C)(C)N.CC(C)(C)CCCOC(=O)C(N)C(C)(C)C.CC(C)(C)CCCOC(=O)C1CCCC1.CC(C)C(N)C(=O)OCCCC(C)(C)C.CC(C)CC(=O)OCCC(C)(C)C.CC(CC(C)(C)C)OC(=O)C(C)C.CC(CC(C)(C)C)OC(=O)C1CCCC1.CCC(C)(C)C.CCCC(C)(C)C.CCCOCC(=O)OCC(C)(C)C. The van der Waals surface area contributed by atoms with Crippen molar-refractivity contribution < 1.29 is 81.0 Å². The van der Waals surface area contributed by atoms with E-state index in [0.29, 0.717) is 91.1 Å². The van der Waals surface area contributed by atoms with Gasteiger partial charge in [-0.1, -0.05) is 337 Å². The Morgan fingerprint density at radius 2 is 0.695 bits per heavy atom. The number of hydrogen-bond donors (Lipinski definition) is 3. The predicted octanol–water partition coefficient (Wildman–Crippen LogP) is 28.2. The molecule has 4 atom stereocenters. The Kier molecular flexibility index (Phi) is 78.7. The summed E-state index contributed by atoms with van der Waals surface area (Å²) in [6.45, 7) is 100.0. The van der Waals surface area contributed by atoms with Crippen LogP contribution in [0.25, 0.3) is 0 Å². The average molecular weight is 1830 g/mol. The van der Waals surface area contributed by atoms with Crippen molar-refractivity contribution in [1.82, 2.24) is 0 Å². The van der Waals surface area contributed by atoms with Crippen molar-refractivity contribution in [3.05, 3.63) is 0 Å². The summed E-state index contributed by atoms with van der Waals surface area (Å²) in [5.74, 6) is -0.367. The fourth-order valence-electron chi connectivity index (χ4n) is 11.2. The zero-order valence-electron chi connectivity index (χ0n) is 92.5. The number of nitrogens with two attached hydrogens (primary N) is 3. The fraction of sp³-hybridized carbons (Fsp3) is 0.926. The van der Waals surface area contributed by atoms with Gasteiger partial charge in [-0.05, 0) is 208 Å². The Balaban J connectivity index is -0.000000177. The third kappa shape index (κ3) is 114. The van der Waals surface area contributed by atoms with Gasteiger partial charge < -0.3 is 59.8 Å². The molecule has 0 amide bonds. The molecule has 2 rings (SSSR count). The van der Waals surface area contributed by atoms with Crippen molar-refractivity contribution >= 4 is 47.8 Å². The van der Waals surface area contributed by atoms with Gasteiger partial charge in [-0.2, -0.15) is 0 Å². The van der Waals surface area contributed by atoms with E-state index < -0.39 is 17.6 Å². The lowest BCUT2D eigenvalue weighted by Crippen LogP contribution is -2.43. The average Bonchev–Trinajstić information content (AvgIpc) is 0.993. The second-order valence-electron chi connectivity index (χ2n) is 50.4. The summed E-state index contributed by atoms with van der Waals surface area (Å²) >= 11 is 0. The lowest BCUT2D eigenvalue weighted by molar-refractivity contribution is -0.154. The number of esters is 8. The predicted molar refractivity (Wildman–Crippen MR) is 542 cm³/mol. The molecule has 0 spiro atoms. The standard InChI is InChI=1S/C13H27NO2.2C13H24O2.C12H25NO2.C11H23NO2.2C11H22O2.C10H20O3.C7H16.C6H14.CH4/c1-12(2,3)8-7-9-16-11(15)10(14)13(4,5)6;1-10(9-13(2,3)4)15-12(14)11-7-5-6-8-11;1-13(2,3)9-6-10-15-12(14)11-7-4-5-8-11;1-9(2)10(13)11(14)15-8-6-7-12(3,4)5;1-10(2,3)7-6-8-14-9(13)11(4,5)12;1-8(2)10(12)13-9(3)7-11(4,5)6;1-9(2)8-10(12)13-7-6-11(3,4)5;1-5-6-12-7-9(11)13-8-10(2,3)4;1-5-6-7(2,3)4;1-5-6(2,3)4;/h10H,7-9,14H2,1-6H3;10-11H,5-9H2,1-4H3;11H,4-10H2,1-3H3;9-10H,6-8,13H2,1-5H3;6-8,12H2,1-5H3;8-9H,7H2,1-6H3;9H,6-8H2,1-5H3;5-8H2,1-4H3;5-6H2,1-4H3;5H2,1-4H3;1H4. The Morgan fingerprint density at radius 3 is 0.984 bits per heavy atom. The molecular weight excluding hydrogens is 1610 g/mol. The molecule has 128 heavy (non-hydrogen) atoms. The molecule has 0 radical (unpaired) electrons. The van der Waals surface area contributed by atoms with Crippen molar-refractivity contribution in [3.63, 3.8) is 0 Å². The van der Waals surface area contributed by atoms with Gasteiger partial charge in [0.2, 0.25) is 0 Å². The minimum Gasteiger partial charge on any atom is -0.466 e. The molecular formula is C108H221N3O17. The van der Waals surface area contributed by atoms with E-state index in [9.17, 15) is 38.4 Å². The van der Waals surface area contributed by atoms with Crippen molar-refractivity contribution in [2.45, 2.75) is 510 Å². The second-order valence-corrected chi connectivity index (χ2v) is 50.4. The molecule has 20 nitrogen and oxygen atoms in total. The second kappa shape index (κ2) is 71.2. The quantitative estimate of drug-likeness (QED) is 0.0312. The summed E-state index contributed by atoms with van der Waals surface area (Å²) in [5.41, 5.74) is 19.0. The monoisotopic (exact) mass is 1830 g/mol. The summed E-state index contributed by atoms with van der Waals surface area (Å²) in [6.07, 6.45) is 25.1. The molecule has 2 saturated carbocycles. The van der Waals surface area contributed by atoms with E-state index >= 15 is 0 Å². The van der Waals surface area contributed by atoms with Crippen LogP contribution in [0.5, 0.6) is 0 Å². The fourth-order valence-corrected chi connectivity index (χ4v) is 11.2. The zero-order chi connectivity index (χ0) is 102. The number of ether oxygens (including phenoxy) is 9. The van der Waals surface area contributed by atoms with Crippen molar-refractivity contribution in [2.24, 2.45) is 106 Å². The van der Waals surface area contributed by atoms with Crippen LogP contribution in [0.3, 0.4) is 0 Å². The van der Waals surface area contributed by atoms with Crippen LogP contribution in [0.15, 0.2) is 0 Å². The van der Waals surface area contributed by atoms with Crippen LogP contribution in [0.4, 0.5) is 0 Å². The summed E-state index contributed by atoms with van der Waals surface area (Å²) < 4.78 is 46.4. The van der Waals surface area contributed by atoms with E-state index in [4.69, 9.17) is 59.8 Å². The van der Waals surface area contributed by atoms with Crippen molar-refractivity contribution in [1.29, 1.82) is 0 Å². The molecule has 2 aliphatic carbocycles. The summed E-state index contributed by atoms with van der Waals surface area (Å²) in [7, 11) is 0. The van der Waals surface area contributed by atoms with Crippen molar-refractivity contribution in [2.75, 3.05) is 52.9 Å². The number of rotatable bonds is 33. The molecule has 20 heteroatoms. The molecule has 2 aliphatic rings. The maximum Gasteiger partial charge on any atom is 0.332 e. The summed E-state index contributed by atoms with van der Waals surface area (Å²) in [5, 5.41) is 0. The topological polar surface area (TPSA) is 298 Å². The van der Waals surface area contributed by atoms with Gasteiger partial charge in [-0.3, -0.25) is 33.6 Å². The molecule has 0 aromatic rings. The summed E-state index contributed by atoms with van der Waals surface area (Å²) in [4.78, 5) is 90.8. The van der Waals surface area contributed by atoms with Crippen LogP contribution >= 0.6 is 0 Å². The molecule has 0 heterocycles. The molecule has 0 bridgehead atoms. The van der Waals surface area contributed by atoms with Gasteiger partial charge in [0.1, 0.15) is 24.2 Å². The van der Waals surface area contributed by atoms with Crippen LogP contribution in [-0.2, 0) is 81.0 Å². The highest BCUT2D eigenvalue weighted by Gasteiger charge is 2.31. The Bertz CT molecular complexity index is 2740. The highest BCUT2D eigenvalue weighted by atomic mass is 16.6. The van der Waals surface area contributed by atoms with E-state index in [-0.39, 0.29) is 125 Å². The molecule has 2 fully saturated rings. The van der Waals surface area contributed by atoms with E-state index in [1.165, 1.54) is 44.9 Å². The van der Waals surface area contributed by atoms with Gasteiger partial charge in [0, 0.05) is 13.0 Å². The molecule has 0 saturated heterocycles. The largest absolute Gasteiger partial charge is 0.466 e. The molecule has 0 aromatic heterocycles. The minimum absolute atomic E-state index is 0. The van der Waals surface area contributed by atoms with Gasteiger partial charge in [0.15, 0.2) is 0 Å². The van der Waals surface area contributed by atoms with Gasteiger partial charge in [-0.25, -0.2) is 4.79 Å². The molecule has 0 aromatic carbocycles. The number of hydrogen-bond acceptors (Lipinski definition) is 20. The first-order valence-corrected chi connectivity index (χ1v) is 49.2. The van der Waals surface area contributed by atoms with Gasteiger partial charge in [-0.15, -0.1) is 0 Å². The van der Waals surface area contributed by atoms with Gasteiger partial charge in [0.25, 0.3) is 0 Å². The highest BCUT2D eigenvalue weighted by Crippen LogP contribution is 2.31. The molecule has 0 aliphatic heterocycles. The Morgan fingerprint density at radius 1 is 0.352 bits per heavy atom. The first-order valence-electron chi connectivity index (χ1n) is 49.2. The zero-order valence-corrected chi connectivity index (χ0v) is 92.5. The first kappa shape index (κ1) is 141. The maximum absolute atomic E-state index is 11.7. The van der Waals surface area contributed by atoms with Gasteiger partial charge >= 0.3 is 47.8 Å². The molecule has 4 unspecified atom stereocenters. The number of carbonyl (C=O) groups excluding carboxylic acids is 8. The first-order chi connectivity index (χ1) is 56.9. The van der Waals surface area contributed by atoms with Crippen LogP contribution < -0.4 is 17.2 Å². The van der Waals surface area contributed by atoms with Gasteiger partial charge in [0.05, 0.1) is 69.6 Å². The van der Waals surface area contributed by atoms with Crippen LogP contribution in [0.2, 0.25) is 0 Å². The Hall–Kier alpha value is -4.40. The van der Waals surface area contributed by atoms with Crippen LogP contribution in [0.1, 0.15) is 480 Å². The summed E-state index contributed by atoms with van der Waals surface area (Å²) in [6, 6.07) is -1.03. The lowest BCUT2D eigenvalue weighted by atomic mass is 9.87. The van der Waals surface area contributed by atoms with Crippen LogP contribution in [0, 0.1) is 89.2 Å². The van der Waals surface area contributed by atoms with E-state index in [2.05, 4.69) is 201 Å². The Labute approximate surface area is 793 Å². The van der Waals surface area contributed by atoms with E-state index in [1.54, 1.807) is 13.8 Å². The third-order valence-corrected chi connectivity index (χ3v) is 19.2. The third-order valence-electron chi connectivity index (χ3n) is 19.2. The van der Waals surface area contributed by atoms with Crippen molar-refractivity contribution in [3.8, 4) is 0 Å². The highest BCUT2D eigenvalue weighted by molar-refractivity contribution is 5.79. The molecule has 770 valence electrons. The minimum atomic E-state index is -0.873. The lowest BCUT2D eigenvalue weighted by Gasteiger charge is -2.25. The number of carbonyl (C=O) groups is 8. The van der Waals surface area contributed by atoms with Crippen LogP contribution in [-0.4, -0.2) is 130 Å². The maximum atomic E-state index is 11.7.